The van der Waals surface area contributed by atoms with Crippen LogP contribution in [0.4, 0.5) is 0 Å². The molecule has 0 bridgehead atoms. The lowest BCUT2D eigenvalue weighted by molar-refractivity contribution is 0.310. The van der Waals surface area contributed by atoms with Crippen molar-refractivity contribution in [1.82, 2.24) is 9.88 Å². The topological polar surface area (TPSA) is 45.0 Å². The van der Waals surface area contributed by atoms with Crippen LogP contribution in [0.15, 0.2) is 30.5 Å². The predicted octanol–water partition coefficient (Wildman–Crippen LogP) is 2.87. The molecule has 1 aromatic heterocycles. The Morgan fingerprint density at radius 3 is 3.00 bits per heavy atom. The van der Waals surface area contributed by atoms with Crippen molar-refractivity contribution in [2.45, 2.75) is 6.42 Å². The molecule has 0 saturated carbocycles. The molecule has 0 unspecified atom stereocenters. The lowest BCUT2D eigenvalue weighted by Crippen LogP contribution is -2.33. The number of hydrogen-bond acceptors (Lipinski definition) is 2. The van der Waals surface area contributed by atoms with Gasteiger partial charge in [-0.3, -0.25) is 4.90 Å². The Labute approximate surface area is 118 Å². The monoisotopic (exact) mass is 275 g/mol. The van der Waals surface area contributed by atoms with Gasteiger partial charge in [-0.15, -0.1) is 0 Å². The summed E-state index contributed by atoms with van der Waals surface area (Å²) < 4.78 is 0. The van der Waals surface area contributed by atoms with Crippen LogP contribution >= 0.6 is 11.6 Å². The van der Waals surface area contributed by atoms with E-state index in [1.807, 2.05) is 12.1 Å². The van der Waals surface area contributed by atoms with Gasteiger partial charge in [-0.05, 0) is 24.1 Å². The third-order valence-electron chi connectivity index (χ3n) is 3.73. The first kappa shape index (κ1) is 12.7. The standard InChI is InChI=1S/C15H18ClN3/c16-12-1-2-13-14(10-18-15(13)9-12)11-3-6-19(7-4-11)8-5-17/h1-3,9-10,18H,4-8,17H2. The minimum atomic E-state index is 0.731. The first-order valence-corrected chi connectivity index (χ1v) is 7.04. The van der Waals surface area contributed by atoms with Crippen LogP contribution in [0.2, 0.25) is 5.02 Å². The first-order valence-electron chi connectivity index (χ1n) is 6.66. The molecule has 100 valence electrons. The number of nitrogens with two attached hydrogens (primary N) is 1. The summed E-state index contributed by atoms with van der Waals surface area (Å²) in [6.07, 6.45) is 5.48. The van der Waals surface area contributed by atoms with Crippen LogP contribution in [0, 0.1) is 0 Å². The van der Waals surface area contributed by atoms with Gasteiger partial charge in [0.2, 0.25) is 0 Å². The largest absolute Gasteiger partial charge is 0.361 e. The van der Waals surface area contributed by atoms with E-state index in [1.54, 1.807) is 0 Å². The van der Waals surface area contributed by atoms with Crippen LogP contribution in [0.5, 0.6) is 0 Å². The molecular formula is C15H18ClN3. The van der Waals surface area contributed by atoms with Crippen molar-refractivity contribution in [3.05, 3.63) is 41.1 Å². The van der Waals surface area contributed by atoms with E-state index in [0.717, 1.165) is 43.1 Å². The number of H-pyrrole nitrogens is 1. The van der Waals surface area contributed by atoms with Gasteiger partial charge in [0, 0.05) is 53.9 Å². The SMILES string of the molecule is NCCN1CC=C(c2c[nH]c3cc(Cl)ccc23)CC1. The zero-order chi connectivity index (χ0) is 13.2. The van der Waals surface area contributed by atoms with Gasteiger partial charge < -0.3 is 10.7 Å². The fraction of sp³-hybridized carbons (Fsp3) is 0.333. The summed E-state index contributed by atoms with van der Waals surface area (Å²) >= 11 is 6.01. The number of aromatic nitrogens is 1. The minimum Gasteiger partial charge on any atom is -0.361 e. The Morgan fingerprint density at radius 2 is 2.26 bits per heavy atom. The van der Waals surface area contributed by atoms with Gasteiger partial charge in [-0.25, -0.2) is 0 Å². The molecule has 3 N–H and O–H groups in total. The number of fused-ring (bicyclic) bond motifs is 1. The van der Waals surface area contributed by atoms with E-state index >= 15 is 0 Å². The number of benzene rings is 1. The van der Waals surface area contributed by atoms with Gasteiger partial charge >= 0.3 is 0 Å². The van der Waals surface area contributed by atoms with Crippen molar-refractivity contribution in [3.63, 3.8) is 0 Å². The lowest BCUT2D eigenvalue weighted by atomic mass is 9.99. The van der Waals surface area contributed by atoms with E-state index in [-0.39, 0.29) is 0 Å². The van der Waals surface area contributed by atoms with Gasteiger partial charge in [-0.2, -0.15) is 0 Å². The zero-order valence-corrected chi connectivity index (χ0v) is 11.6. The molecule has 3 nitrogen and oxygen atoms in total. The molecule has 0 spiro atoms. The second-order valence-corrected chi connectivity index (χ2v) is 5.40. The van der Waals surface area contributed by atoms with Crippen molar-refractivity contribution in [2.75, 3.05) is 26.2 Å². The molecule has 0 aliphatic carbocycles. The maximum Gasteiger partial charge on any atom is 0.0475 e. The quantitative estimate of drug-likeness (QED) is 0.905. The van der Waals surface area contributed by atoms with Crippen molar-refractivity contribution in [1.29, 1.82) is 0 Å². The summed E-state index contributed by atoms with van der Waals surface area (Å²) in [5.74, 6) is 0. The number of nitrogens with one attached hydrogen (secondary N) is 1. The molecule has 0 atom stereocenters. The third kappa shape index (κ3) is 2.54. The summed E-state index contributed by atoms with van der Waals surface area (Å²) in [5.41, 5.74) is 9.42. The van der Waals surface area contributed by atoms with Gasteiger partial charge in [0.25, 0.3) is 0 Å². The van der Waals surface area contributed by atoms with E-state index in [0.29, 0.717) is 0 Å². The van der Waals surface area contributed by atoms with Crippen molar-refractivity contribution in [3.8, 4) is 0 Å². The van der Waals surface area contributed by atoms with Crippen LogP contribution in [0.1, 0.15) is 12.0 Å². The molecule has 2 heterocycles. The van der Waals surface area contributed by atoms with Crippen molar-refractivity contribution in [2.24, 2.45) is 5.73 Å². The maximum atomic E-state index is 6.01. The van der Waals surface area contributed by atoms with E-state index in [2.05, 4.69) is 28.2 Å². The Morgan fingerprint density at radius 1 is 1.37 bits per heavy atom. The summed E-state index contributed by atoms with van der Waals surface area (Å²) in [6, 6.07) is 6.02. The van der Waals surface area contributed by atoms with Gasteiger partial charge in [0.05, 0.1) is 0 Å². The Bertz CT molecular complexity index is 615. The molecule has 0 amide bonds. The Hall–Kier alpha value is -1.29. The summed E-state index contributed by atoms with van der Waals surface area (Å²) in [5, 5.41) is 2.02. The third-order valence-corrected chi connectivity index (χ3v) is 3.96. The summed E-state index contributed by atoms with van der Waals surface area (Å²) in [4.78, 5) is 5.69. The van der Waals surface area contributed by atoms with Crippen LogP contribution in [0.25, 0.3) is 16.5 Å². The molecular weight excluding hydrogens is 258 g/mol. The van der Waals surface area contributed by atoms with Crippen molar-refractivity contribution >= 4 is 28.1 Å². The van der Waals surface area contributed by atoms with Crippen LogP contribution in [-0.2, 0) is 0 Å². The van der Waals surface area contributed by atoms with Gasteiger partial charge in [0.15, 0.2) is 0 Å². The number of nitrogens with zero attached hydrogens (tertiary/aromatic N) is 1. The Kier molecular flexibility index (Phi) is 3.60. The smallest absolute Gasteiger partial charge is 0.0475 e. The summed E-state index contributed by atoms with van der Waals surface area (Å²) in [6.45, 7) is 3.79. The number of halogens is 1. The number of hydrogen-bond donors (Lipinski definition) is 2. The molecule has 0 radical (unpaired) electrons. The van der Waals surface area contributed by atoms with Gasteiger partial charge in [-0.1, -0.05) is 23.7 Å². The first-order chi connectivity index (χ1) is 9.28. The number of rotatable bonds is 3. The Balaban J connectivity index is 1.89. The maximum absolute atomic E-state index is 6.01. The molecule has 2 aromatic rings. The molecule has 0 fully saturated rings. The zero-order valence-electron chi connectivity index (χ0n) is 10.8. The van der Waals surface area contributed by atoms with Gasteiger partial charge in [0.1, 0.15) is 0 Å². The molecule has 1 aromatic carbocycles. The highest BCUT2D eigenvalue weighted by molar-refractivity contribution is 6.31. The normalized spacial score (nSPS) is 16.8. The van der Waals surface area contributed by atoms with E-state index in [1.165, 1.54) is 16.5 Å². The molecule has 3 rings (SSSR count). The highest BCUT2D eigenvalue weighted by Gasteiger charge is 2.14. The molecule has 1 aliphatic heterocycles. The van der Waals surface area contributed by atoms with E-state index in [4.69, 9.17) is 17.3 Å². The minimum absolute atomic E-state index is 0.731. The average Bonchev–Trinajstić information content (AvgIpc) is 2.83. The van der Waals surface area contributed by atoms with Crippen molar-refractivity contribution < 1.29 is 0 Å². The fourth-order valence-corrected chi connectivity index (χ4v) is 2.88. The average molecular weight is 276 g/mol. The van der Waals surface area contributed by atoms with Crippen LogP contribution in [-0.4, -0.2) is 36.1 Å². The highest BCUT2D eigenvalue weighted by Crippen LogP contribution is 2.30. The molecule has 1 aliphatic rings. The van der Waals surface area contributed by atoms with Crippen LogP contribution in [0.3, 0.4) is 0 Å². The second kappa shape index (κ2) is 5.37. The molecule has 0 saturated heterocycles. The second-order valence-electron chi connectivity index (χ2n) is 4.96. The molecule has 4 heteroatoms. The predicted molar refractivity (Wildman–Crippen MR) is 81.4 cm³/mol. The van der Waals surface area contributed by atoms with Crippen LogP contribution < -0.4 is 5.73 Å². The lowest BCUT2D eigenvalue weighted by Gasteiger charge is -2.25. The molecule has 19 heavy (non-hydrogen) atoms. The fourth-order valence-electron chi connectivity index (χ4n) is 2.71. The summed E-state index contributed by atoms with van der Waals surface area (Å²) in [7, 11) is 0. The van der Waals surface area contributed by atoms with E-state index < -0.39 is 0 Å². The highest BCUT2D eigenvalue weighted by atomic mass is 35.5. The van der Waals surface area contributed by atoms with E-state index in [9.17, 15) is 0 Å². The number of aromatic amines is 1.